The van der Waals surface area contributed by atoms with Crippen LogP contribution in [0, 0.1) is 0 Å². The van der Waals surface area contributed by atoms with Crippen LogP contribution >= 0.6 is 11.6 Å². The molecule has 29 heavy (non-hydrogen) atoms. The van der Waals surface area contributed by atoms with E-state index in [0.717, 1.165) is 11.3 Å². The summed E-state index contributed by atoms with van der Waals surface area (Å²) in [6.45, 7) is 4.06. The molecule has 3 aromatic rings. The van der Waals surface area contributed by atoms with E-state index in [1.165, 1.54) is 14.2 Å². The van der Waals surface area contributed by atoms with Crippen LogP contribution in [0.3, 0.4) is 0 Å². The zero-order chi connectivity index (χ0) is 20.7. The molecule has 1 N–H and O–H groups in total. The number of rotatable bonds is 5. The molecule has 0 spiro atoms. The summed E-state index contributed by atoms with van der Waals surface area (Å²) in [6.07, 6.45) is 1.59. The van der Waals surface area contributed by atoms with E-state index in [4.69, 9.17) is 21.1 Å². The van der Waals surface area contributed by atoms with Crippen molar-refractivity contribution in [3.8, 4) is 23.3 Å². The van der Waals surface area contributed by atoms with Gasteiger partial charge in [-0.15, -0.1) is 0 Å². The number of benzene rings is 1. The number of aromatic nitrogens is 4. The second-order valence-corrected chi connectivity index (χ2v) is 7.31. The highest BCUT2D eigenvalue weighted by Crippen LogP contribution is 2.39. The molecule has 1 aliphatic rings. The summed E-state index contributed by atoms with van der Waals surface area (Å²) < 4.78 is 12.5. The molecule has 0 saturated heterocycles. The van der Waals surface area contributed by atoms with E-state index >= 15 is 0 Å². The zero-order valence-electron chi connectivity index (χ0n) is 16.4. The molecule has 1 aromatic carbocycles. The number of amides is 1. The molecule has 1 unspecified atom stereocenters. The van der Waals surface area contributed by atoms with Crippen molar-refractivity contribution in [1.82, 2.24) is 24.8 Å². The highest BCUT2D eigenvalue weighted by molar-refractivity contribution is 6.30. The number of hydrogen-bond donors (Lipinski definition) is 1. The fourth-order valence-electron chi connectivity index (χ4n) is 3.52. The first-order valence-electron chi connectivity index (χ1n) is 9.08. The highest BCUT2D eigenvalue weighted by atomic mass is 35.5. The Hall–Kier alpha value is -3.13. The first kappa shape index (κ1) is 19.2. The number of methoxy groups -OCH3 is 2. The van der Waals surface area contributed by atoms with Crippen LogP contribution in [-0.2, 0) is 0 Å². The average Bonchev–Trinajstić information content (AvgIpc) is 3.26. The Labute approximate surface area is 172 Å². The number of nitrogens with zero attached hydrogens (tertiary/aromatic N) is 4. The van der Waals surface area contributed by atoms with E-state index < -0.39 is 0 Å². The largest absolute Gasteiger partial charge is 0.480 e. The molecule has 0 fully saturated rings. The van der Waals surface area contributed by atoms with Crippen LogP contribution in [0.5, 0.6) is 11.9 Å². The summed E-state index contributed by atoms with van der Waals surface area (Å²) in [5.41, 5.74) is 2.68. The van der Waals surface area contributed by atoms with Gasteiger partial charge in [-0.25, -0.2) is 9.97 Å². The SMILES string of the molecule is COc1ncc(-c2nc3c(n2C(C)C)C(c2ccc(Cl)cc2)NC3=O)c(OC)n1. The van der Waals surface area contributed by atoms with Crippen molar-refractivity contribution in [3.63, 3.8) is 0 Å². The Kier molecular flexibility index (Phi) is 4.87. The third-order valence-corrected chi connectivity index (χ3v) is 5.03. The minimum Gasteiger partial charge on any atom is -0.480 e. The molecule has 8 nitrogen and oxygen atoms in total. The lowest BCUT2D eigenvalue weighted by Gasteiger charge is -2.20. The topological polar surface area (TPSA) is 91.2 Å². The van der Waals surface area contributed by atoms with Crippen LogP contribution in [0.4, 0.5) is 0 Å². The monoisotopic (exact) mass is 413 g/mol. The van der Waals surface area contributed by atoms with Crippen LogP contribution in [-0.4, -0.2) is 39.6 Å². The number of ether oxygens (including phenoxy) is 2. The second kappa shape index (κ2) is 7.36. The van der Waals surface area contributed by atoms with Crippen LogP contribution in [0.15, 0.2) is 30.5 Å². The summed E-state index contributed by atoms with van der Waals surface area (Å²) in [7, 11) is 3.00. The van der Waals surface area contributed by atoms with Crippen molar-refractivity contribution in [2.45, 2.75) is 25.9 Å². The van der Waals surface area contributed by atoms with Crippen molar-refractivity contribution in [3.05, 3.63) is 52.4 Å². The van der Waals surface area contributed by atoms with E-state index in [0.29, 0.717) is 28.0 Å². The maximum absolute atomic E-state index is 12.7. The summed E-state index contributed by atoms with van der Waals surface area (Å²) in [4.78, 5) is 25.8. The van der Waals surface area contributed by atoms with Gasteiger partial charge >= 0.3 is 6.01 Å². The molecule has 0 aliphatic carbocycles. The smallest absolute Gasteiger partial charge is 0.319 e. The van der Waals surface area contributed by atoms with E-state index in [1.807, 2.05) is 30.5 Å². The molecule has 4 rings (SSSR count). The van der Waals surface area contributed by atoms with Gasteiger partial charge < -0.3 is 19.4 Å². The lowest BCUT2D eigenvalue weighted by Crippen LogP contribution is -2.23. The van der Waals surface area contributed by atoms with Crippen molar-refractivity contribution < 1.29 is 14.3 Å². The maximum Gasteiger partial charge on any atom is 0.319 e. The fraction of sp³-hybridized carbons (Fsp3) is 0.300. The van der Waals surface area contributed by atoms with Crippen molar-refractivity contribution in [2.24, 2.45) is 0 Å². The standard InChI is InChI=1S/C20H20ClN5O3/c1-10(2)26-16-14(11-5-7-12(21)8-6-11)24-18(27)15(16)23-17(26)13-9-22-20(29-4)25-19(13)28-3/h5-10,14H,1-4H3,(H,24,27). The number of carbonyl (C=O) groups excluding carboxylic acids is 1. The molecule has 1 atom stereocenters. The van der Waals surface area contributed by atoms with Crippen LogP contribution in [0.25, 0.3) is 11.4 Å². The minimum atomic E-state index is -0.330. The van der Waals surface area contributed by atoms with Crippen LogP contribution in [0.2, 0.25) is 5.02 Å². The lowest BCUT2D eigenvalue weighted by molar-refractivity contribution is 0.0956. The van der Waals surface area contributed by atoms with Gasteiger partial charge in [0, 0.05) is 17.3 Å². The third-order valence-electron chi connectivity index (χ3n) is 4.78. The van der Waals surface area contributed by atoms with Crippen molar-refractivity contribution in [1.29, 1.82) is 0 Å². The molecule has 0 radical (unpaired) electrons. The molecule has 150 valence electrons. The molecule has 1 aliphatic heterocycles. The Morgan fingerprint density at radius 3 is 2.48 bits per heavy atom. The first-order valence-corrected chi connectivity index (χ1v) is 9.46. The highest BCUT2D eigenvalue weighted by Gasteiger charge is 2.38. The molecule has 3 heterocycles. The van der Waals surface area contributed by atoms with Crippen LogP contribution < -0.4 is 14.8 Å². The van der Waals surface area contributed by atoms with Gasteiger partial charge in [0.1, 0.15) is 5.82 Å². The quantitative estimate of drug-likeness (QED) is 0.689. The van der Waals surface area contributed by atoms with Gasteiger partial charge in [-0.05, 0) is 31.5 Å². The third kappa shape index (κ3) is 3.19. The van der Waals surface area contributed by atoms with Gasteiger partial charge in [-0.1, -0.05) is 23.7 Å². The molecule has 9 heteroatoms. The number of halogens is 1. The number of fused-ring (bicyclic) bond motifs is 1. The van der Waals surface area contributed by atoms with Gasteiger partial charge in [0.05, 0.1) is 31.5 Å². The molecule has 1 amide bonds. The normalized spacial score (nSPS) is 15.4. The Morgan fingerprint density at radius 2 is 1.86 bits per heavy atom. The van der Waals surface area contributed by atoms with Gasteiger partial charge in [0.2, 0.25) is 5.88 Å². The van der Waals surface area contributed by atoms with E-state index in [9.17, 15) is 4.79 Å². The Balaban J connectivity index is 1.91. The average molecular weight is 414 g/mol. The number of imidazole rings is 1. The van der Waals surface area contributed by atoms with E-state index in [1.54, 1.807) is 18.3 Å². The summed E-state index contributed by atoms with van der Waals surface area (Å²) in [5.74, 6) is 0.665. The summed E-state index contributed by atoms with van der Waals surface area (Å²) in [5, 5.41) is 3.64. The lowest BCUT2D eigenvalue weighted by atomic mass is 10.0. The second-order valence-electron chi connectivity index (χ2n) is 6.87. The fourth-order valence-corrected chi connectivity index (χ4v) is 3.65. The molecule has 2 aromatic heterocycles. The van der Waals surface area contributed by atoms with Gasteiger partial charge in [-0.2, -0.15) is 4.98 Å². The molecule has 0 saturated carbocycles. The van der Waals surface area contributed by atoms with Crippen LogP contribution in [0.1, 0.15) is 47.7 Å². The predicted octanol–water partition coefficient (Wildman–Crippen LogP) is 3.42. The summed E-state index contributed by atoms with van der Waals surface area (Å²) >= 11 is 6.03. The van der Waals surface area contributed by atoms with Gasteiger partial charge in [0.25, 0.3) is 5.91 Å². The predicted molar refractivity (Wildman–Crippen MR) is 108 cm³/mol. The number of nitrogens with one attached hydrogen (secondary N) is 1. The first-order chi connectivity index (χ1) is 13.9. The van der Waals surface area contributed by atoms with E-state index in [2.05, 4.69) is 20.3 Å². The Morgan fingerprint density at radius 1 is 1.14 bits per heavy atom. The van der Waals surface area contributed by atoms with Gasteiger partial charge in [0.15, 0.2) is 5.69 Å². The molecular formula is C20H20ClN5O3. The minimum absolute atomic E-state index is 0.0237. The number of carbonyl (C=O) groups is 1. The zero-order valence-corrected chi connectivity index (χ0v) is 17.2. The van der Waals surface area contributed by atoms with Gasteiger partial charge in [-0.3, -0.25) is 4.79 Å². The number of hydrogen-bond acceptors (Lipinski definition) is 6. The Bertz CT molecular complexity index is 1080. The van der Waals surface area contributed by atoms with Crippen molar-refractivity contribution >= 4 is 17.5 Å². The molecule has 0 bridgehead atoms. The maximum atomic E-state index is 12.7. The van der Waals surface area contributed by atoms with Crippen molar-refractivity contribution in [2.75, 3.05) is 14.2 Å². The molecular weight excluding hydrogens is 394 g/mol. The van der Waals surface area contributed by atoms with E-state index in [-0.39, 0.29) is 24.0 Å². The summed E-state index contributed by atoms with van der Waals surface area (Å²) in [6, 6.07) is 7.29.